The summed E-state index contributed by atoms with van der Waals surface area (Å²) in [6.45, 7) is 3.88. The average Bonchev–Trinajstić information content (AvgIpc) is 3.87. The summed E-state index contributed by atoms with van der Waals surface area (Å²) in [5.41, 5.74) is 2.63. The maximum absolute atomic E-state index is 16.3. The molecule has 0 bridgehead atoms. The van der Waals surface area contributed by atoms with Crippen molar-refractivity contribution in [3.63, 3.8) is 0 Å². The van der Waals surface area contributed by atoms with Gasteiger partial charge in [0, 0.05) is 67.9 Å². The van der Waals surface area contributed by atoms with Crippen LogP contribution in [0.3, 0.4) is 0 Å². The van der Waals surface area contributed by atoms with E-state index in [0.717, 1.165) is 68.4 Å². The lowest BCUT2D eigenvalue weighted by molar-refractivity contribution is -0.136. The number of hydrogen-bond donors (Lipinski definition) is 5. The third kappa shape index (κ3) is 7.83. The van der Waals surface area contributed by atoms with Crippen molar-refractivity contribution < 1.29 is 28.7 Å². The lowest BCUT2D eigenvalue weighted by Crippen LogP contribution is -2.60. The Bertz CT molecular complexity index is 2750. The number of aliphatic hydroxyl groups is 1. The SMILES string of the molecule is Cn1c(=O)n([C@H]2CCC(=O)NC2=O)c2ccc(CCCN3CCN(C(O)=C4CCC(NC(=O)[C@@H]5NC6(CCCCC6)[C@@]6(C(=O)Nc7cc(Cl)ccc76)[C@H]5c5cccc(Cl)c5F)CC4)CC3)cc21. The number of rotatable bonds is 9. The summed E-state index contributed by atoms with van der Waals surface area (Å²) in [4.78, 5) is 71.4. The first kappa shape index (κ1) is 45.6. The molecule has 3 aromatic carbocycles. The van der Waals surface area contributed by atoms with Gasteiger partial charge in [0.25, 0.3) is 0 Å². The minimum Gasteiger partial charge on any atom is -0.495 e. The quantitative estimate of drug-likeness (QED) is 0.0931. The molecular formula is C50H57Cl2FN8O6. The Kier molecular flexibility index (Phi) is 12.3. The first-order valence-corrected chi connectivity index (χ1v) is 24.6. The zero-order valence-corrected chi connectivity index (χ0v) is 39.2. The Morgan fingerprint density at radius 3 is 2.40 bits per heavy atom. The van der Waals surface area contributed by atoms with Gasteiger partial charge in [0.05, 0.1) is 22.1 Å². The standard InChI is InChI=1S/C50H57Cl2FN8O6/c1-58-39-27-29(10-17-37(39)61(48(58)67)38-18-19-40(62)56-44(38)63)7-6-22-59-23-25-60(26-24-59)46(65)30-11-14-32(15-12-30)54-45(64)43-41(33-8-5-9-35(52)42(33)53)50(49(57-43)20-3-2-4-21-49)34-16-13-31(51)28-36(34)55-47(50)66/h5,8-10,13,16-17,27-28,32,38,41,43,57,65H,2-4,6-7,11-12,14-15,18-26H2,1H3,(H,54,64)(H,55,66)(H,56,62,63)/t32?,38-,41-,43+,50+/m0/s1. The highest BCUT2D eigenvalue weighted by Gasteiger charge is 2.72. The van der Waals surface area contributed by atoms with Crippen molar-refractivity contribution in [2.45, 2.75) is 118 Å². The van der Waals surface area contributed by atoms with Crippen LogP contribution >= 0.6 is 23.2 Å². The minimum absolute atomic E-state index is 0.0672. The number of amides is 4. The van der Waals surface area contributed by atoms with E-state index in [4.69, 9.17) is 23.2 Å². The molecule has 10 rings (SSSR count). The number of aromatic nitrogens is 2. The van der Waals surface area contributed by atoms with Crippen molar-refractivity contribution >= 4 is 63.6 Å². The van der Waals surface area contributed by atoms with Crippen LogP contribution in [-0.4, -0.2) is 98.0 Å². The largest absolute Gasteiger partial charge is 0.495 e. The number of nitrogens with one attached hydrogen (secondary N) is 4. The van der Waals surface area contributed by atoms with E-state index >= 15 is 4.39 Å². The molecule has 4 aliphatic heterocycles. The van der Waals surface area contributed by atoms with Gasteiger partial charge in [-0.3, -0.25) is 43.8 Å². The van der Waals surface area contributed by atoms with E-state index in [-0.39, 0.29) is 46.5 Å². The Balaban J connectivity index is 0.767. The van der Waals surface area contributed by atoms with Crippen LogP contribution in [0.1, 0.15) is 106 Å². The summed E-state index contributed by atoms with van der Waals surface area (Å²) in [5, 5.41) is 24.4. The van der Waals surface area contributed by atoms with Crippen LogP contribution in [0.25, 0.3) is 11.0 Å². The number of anilines is 1. The number of halogens is 3. The van der Waals surface area contributed by atoms with Crippen LogP contribution in [0.4, 0.5) is 10.1 Å². The Hall–Kier alpha value is -5.22. The van der Waals surface area contributed by atoms with E-state index in [9.17, 15) is 29.1 Å². The van der Waals surface area contributed by atoms with Gasteiger partial charge in [-0.15, -0.1) is 0 Å². The summed E-state index contributed by atoms with van der Waals surface area (Å²) >= 11 is 12.9. The Labute approximate surface area is 398 Å². The van der Waals surface area contributed by atoms with Crippen LogP contribution in [0.15, 0.2) is 70.8 Å². The van der Waals surface area contributed by atoms with Crippen LogP contribution < -0.4 is 27.0 Å². The van der Waals surface area contributed by atoms with Gasteiger partial charge in [-0.1, -0.05) is 66.7 Å². The third-order valence-electron chi connectivity index (χ3n) is 15.8. The minimum atomic E-state index is -1.30. The molecule has 0 unspecified atom stereocenters. The van der Waals surface area contributed by atoms with Crippen molar-refractivity contribution in [2.75, 3.05) is 38.0 Å². The van der Waals surface area contributed by atoms with E-state index in [2.05, 4.69) is 31.1 Å². The maximum Gasteiger partial charge on any atom is 0.329 e. The normalized spacial score (nSPS) is 26.3. The van der Waals surface area contributed by atoms with Gasteiger partial charge in [0.1, 0.15) is 17.3 Å². The highest BCUT2D eigenvalue weighted by atomic mass is 35.5. The van der Waals surface area contributed by atoms with Crippen molar-refractivity contribution in [3.8, 4) is 0 Å². The molecule has 1 aromatic heterocycles. The first-order chi connectivity index (χ1) is 32.3. The molecule has 5 heterocycles. The summed E-state index contributed by atoms with van der Waals surface area (Å²) in [6, 6.07) is 14.2. The van der Waals surface area contributed by atoms with Crippen molar-refractivity contribution in [2.24, 2.45) is 7.05 Å². The van der Waals surface area contributed by atoms with E-state index in [1.165, 1.54) is 10.6 Å². The predicted octanol–water partition coefficient (Wildman–Crippen LogP) is 6.49. The molecule has 2 spiro atoms. The molecule has 3 saturated heterocycles. The molecule has 4 aromatic rings. The molecule has 2 aliphatic carbocycles. The second-order valence-electron chi connectivity index (χ2n) is 19.5. The number of imide groups is 1. The Morgan fingerprint density at radius 2 is 1.66 bits per heavy atom. The van der Waals surface area contributed by atoms with Crippen LogP contribution in [0.5, 0.6) is 0 Å². The molecule has 14 nitrogen and oxygen atoms in total. The Morgan fingerprint density at radius 1 is 0.896 bits per heavy atom. The maximum atomic E-state index is 16.3. The van der Waals surface area contributed by atoms with Gasteiger partial charge in [-0.25, -0.2) is 9.18 Å². The smallest absolute Gasteiger partial charge is 0.329 e. The number of nitrogens with zero attached hydrogens (tertiary/aromatic N) is 4. The average molecular weight is 956 g/mol. The molecule has 354 valence electrons. The van der Waals surface area contributed by atoms with Gasteiger partial charge in [-0.05, 0) is 117 Å². The zero-order valence-electron chi connectivity index (χ0n) is 37.6. The monoisotopic (exact) mass is 954 g/mol. The van der Waals surface area contributed by atoms with Crippen LogP contribution in [-0.2, 0) is 38.1 Å². The summed E-state index contributed by atoms with van der Waals surface area (Å²) in [6.07, 6.45) is 8.73. The highest BCUT2D eigenvalue weighted by molar-refractivity contribution is 6.31. The van der Waals surface area contributed by atoms with E-state index < -0.39 is 40.7 Å². The van der Waals surface area contributed by atoms with E-state index in [1.807, 2.05) is 24.3 Å². The van der Waals surface area contributed by atoms with Gasteiger partial charge in [0.2, 0.25) is 23.6 Å². The molecule has 6 aliphatic rings. The second-order valence-corrected chi connectivity index (χ2v) is 20.3. The van der Waals surface area contributed by atoms with Crippen molar-refractivity contribution in [1.29, 1.82) is 0 Å². The first-order valence-electron chi connectivity index (χ1n) is 23.8. The number of imidazole rings is 1. The van der Waals surface area contributed by atoms with Crippen molar-refractivity contribution in [1.82, 2.24) is 34.9 Å². The fraction of sp³-hybridized carbons (Fsp3) is 0.500. The topological polar surface area (TPSA) is 170 Å². The highest BCUT2D eigenvalue weighted by Crippen LogP contribution is 2.63. The number of piperazine rings is 1. The third-order valence-corrected chi connectivity index (χ3v) is 16.4. The molecule has 5 fully saturated rings. The molecular weight excluding hydrogens is 899 g/mol. The van der Waals surface area contributed by atoms with Gasteiger partial charge in [0.15, 0.2) is 5.88 Å². The van der Waals surface area contributed by atoms with Gasteiger partial charge < -0.3 is 20.6 Å². The molecule has 67 heavy (non-hydrogen) atoms. The zero-order chi connectivity index (χ0) is 46.8. The van der Waals surface area contributed by atoms with Crippen LogP contribution in [0, 0.1) is 5.82 Å². The molecule has 4 atom stereocenters. The van der Waals surface area contributed by atoms with Crippen LogP contribution in [0.2, 0.25) is 10.0 Å². The summed E-state index contributed by atoms with van der Waals surface area (Å²) in [5.74, 6) is -2.53. The number of aliphatic hydroxyl groups excluding tert-OH is 1. The number of benzene rings is 3. The van der Waals surface area contributed by atoms with E-state index in [0.29, 0.717) is 85.7 Å². The molecule has 4 amide bonds. The molecule has 17 heteroatoms. The summed E-state index contributed by atoms with van der Waals surface area (Å²) in [7, 11) is 1.71. The van der Waals surface area contributed by atoms with Gasteiger partial charge >= 0.3 is 5.69 Å². The summed E-state index contributed by atoms with van der Waals surface area (Å²) < 4.78 is 19.4. The predicted molar refractivity (Wildman–Crippen MR) is 254 cm³/mol. The lowest BCUT2D eigenvalue weighted by atomic mass is 9.55. The molecule has 5 N–H and O–H groups in total. The van der Waals surface area contributed by atoms with Crippen molar-refractivity contribution in [3.05, 3.63) is 109 Å². The number of piperidine rings is 1. The molecule has 2 saturated carbocycles. The fourth-order valence-electron chi connectivity index (χ4n) is 12.6. The van der Waals surface area contributed by atoms with Gasteiger partial charge in [-0.2, -0.15) is 0 Å². The number of aryl methyl sites for hydroxylation is 2. The van der Waals surface area contributed by atoms with E-state index in [1.54, 1.807) is 35.9 Å². The molecule has 0 radical (unpaired) electrons. The fourth-order valence-corrected chi connectivity index (χ4v) is 12.9. The number of carbonyl (C=O) groups excluding carboxylic acids is 4. The second kappa shape index (κ2) is 18.0. The number of hydrogen-bond acceptors (Lipinski definition) is 9. The number of fused-ring (bicyclic) bond motifs is 4. The number of carbonyl (C=O) groups is 4. The lowest BCUT2D eigenvalue weighted by Gasteiger charge is -2.47. The number of allylic oxidation sites excluding steroid dienone is 1.